The van der Waals surface area contributed by atoms with Gasteiger partial charge in [0.15, 0.2) is 23.1 Å². The van der Waals surface area contributed by atoms with Crippen molar-refractivity contribution in [1.82, 2.24) is 0 Å². The third-order valence-corrected chi connectivity index (χ3v) is 4.08. The van der Waals surface area contributed by atoms with Gasteiger partial charge in [-0.1, -0.05) is 0 Å². The lowest BCUT2D eigenvalue weighted by molar-refractivity contribution is -0.113. The van der Waals surface area contributed by atoms with Crippen molar-refractivity contribution >= 4 is 23.4 Å². The summed E-state index contributed by atoms with van der Waals surface area (Å²) in [5.74, 6) is -0.777. The average Bonchev–Trinajstić information content (AvgIpc) is 2.56. The number of hydrogen-bond acceptors (Lipinski definition) is 4. The zero-order chi connectivity index (χ0) is 16.2. The minimum atomic E-state index is -0.928. The molecule has 0 aromatic heterocycles. The number of amides is 1. The van der Waals surface area contributed by atoms with Crippen molar-refractivity contribution in [3.63, 3.8) is 0 Å². The molecule has 1 aliphatic rings. The van der Waals surface area contributed by atoms with Gasteiger partial charge in [0, 0.05) is 16.6 Å². The molecule has 0 radical (unpaired) electrons. The van der Waals surface area contributed by atoms with Gasteiger partial charge in [0.2, 0.25) is 5.91 Å². The van der Waals surface area contributed by atoms with Crippen molar-refractivity contribution in [3.8, 4) is 11.5 Å². The first-order chi connectivity index (χ1) is 11.1. The molecule has 4 nitrogen and oxygen atoms in total. The molecule has 0 bridgehead atoms. The molecule has 2 aromatic rings. The fourth-order valence-electron chi connectivity index (χ4n) is 2.03. The van der Waals surface area contributed by atoms with E-state index >= 15 is 0 Å². The van der Waals surface area contributed by atoms with Crippen molar-refractivity contribution in [1.29, 1.82) is 0 Å². The Kier molecular flexibility index (Phi) is 4.66. The van der Waals surface area contributed by atoms with Gasteiger partial charge < -0.3 is 14.8 Å². The summed E-state index contributed by atoms with van der Waals surface area (Å²) >= 11 is 1.12. The zero-order valence-electron chi connectivity index (χ0n) is 12.0. The van der Waals surface area contributed by atoms with Crippen molar-refractivity contribution in [2.45, 2.75) is 4.90 Å². The smallest absolute Gasteiger partial charge is 0.234 e. The number of ether oxygens (including phenoxy) is 2. The summed E-state index contributed by atoms with van der Waals surface area (Å²) in [5, 5.41) is 2.73. The normalized spacial score (nSPS) is 12.8. The maximum absolute atomic E-state index is 13.1. The monoisotopic (exact) mass is 337 g/mol. The maximum Gasteiger partial charge on any atom is 0.234 e. The Balaban J connectivity index is 1.57. The Bertz CT molecular complexity index is 739. The molecule has 0 saturated carbocycles. The highest BCUT2D eigenvalue weighted by atomic mass is 32.2. The molecule has 0 saturated heterocycles. The lowest BCUT2D eigenvalue weighted by atomic mass is 10.2. The first-order valence-electron chi connectivity index (χ1n) is 6.89. The molecule has 1 N–H and O–H groups in total. The van der Waals surface area contributed by atoms with E-state index in [1.165, 1.54) is 6.07 Å². The average molecular weight is 337 g/mol. The molecule has 0 atom stereocenters. The number of carbonyl (C=O) groups is 1. The third kappa shape index (κ3) is 3.92. The van der Waals surface area contributed by atoms with Crippen LogP contribution in [0.1, 0.15) is 0 Å². The molecule has 1 aliphatic heterocycles. The lowest BCUT2D eigenvalue weighted by Crippen LogP contribution is -2.17. The van der Waals surface area contributed by atoms with E-state index in [1.54, 1.807) is 18.2 Å². The number of thioether (sulfide) groups is 1. The van der Waals surface area contributed by atoms with Crippen molar-refractivity contribution in [3.05, 3.63) is 48.0 Å². The molecule has 120 valence electrons. The molecule has 1 amide bonds. The highest BCUT2D eigenvalue weighted by Crippen LogP contribution is 2.32. The van der Waals surface area contributed by atoms with Gasteiger partial charge in [-0.15, -0.1) is 11.8 Å². The lowest BCUT2D eigenvalue weighted by Gasteiger charge is -2.19. The molecule has 2 aromatic carbocycles. The third-order valence-electron chi connectivity index (χ3n) is 3.09. The zero-order valence-corrected chi connectivity index (χ0v) is 12.8. The molecule has 23 heavy (non-hydrogen) atoms. The van der Waals surface area contributed by atoms with Gasteiger partial charge in [-0.05, 0) is 30.3 Å². The first kappa shape index (κ1) is 15.6. The number of halogens is 2. The molecular weight excluding hydrogens is 324 g/mol. The van der Waals surface area contributed by atoms with Crippen LogP contribution in [0.25, 0.3) is 0 Å². The van der Waals surface area contributed by atoms with Gasteiger partial charge in [-0.25, -0.2) is 8.78 Å². The van der Waals surface area contributed by atoms with E-state index in [0.717, 1.165) is 23.9 Å². The Hall–Kier alpha value is -2.28. The molecule has 1 heterocycles. The van der Waals surface area contributed by atoms with Crippen LogP contribution in [0.15, 0.2) is 41.3 Å². The summed E-state index contributed by atoms with van der Waals surface area (Å²) < 4.78 is 36.8. The minimum Gasteiger partial charge on any atom is -0.486 e. The van der Waals surface area contributed by atoms with Crippen LogP contribution in [0.3, 0.4) is 0 Å². The van der Waals surface area contributed by atoms with Gasteiger partial charge in [0.25, 0.3) is 0 Å². The summed E-state index contributed by atoms with van der Waals surface area (Å²) in [5.41, 5.74) is 0.588. The summed E-state index contributed by atoms with van der Waals surface area (Å²) in [6.07, 6.45) is 0. The van der Waals surface area contributed by atoms with Crippen molar-refractivity contribution in [2.75, 3.05) is 24.3 Å². The van der Waals surface area contributed by atoms with E-state index in [-0.39, 0.29) is 11.7 Å². The number of hydrogen-bond donors (Lipinski definition) is 1. The Morgan fingerprint density at radius 3 is 2.61 bits per heavy atom. The van der Waals surface area contributed by atoms with E-state index < -0.39 is 11.6 Å². The standard InChI is InChI=1S/C16H13F2NO3S/c17-12-3-2-11(8-13(12)18)23-9-16(20)19-10-1-4-14-15(7-10)22-6-5-21-14/h1-4,7-8H,5-6,9H2,(H,19,20). The summed E-state index contributed by atoms with van der Waals surface area (Å²) in [6, 6.07) is 8.67. The van der Waals surface area contributed by atoms with E-state index in [0.29, 0.717) is 35.3 Å². The number of fused-ring (bicyclic) bond motifs is 1. The topological polar surface area (TPSA) is 47.6 Å². The number of anilines is 1. The van der Waals surface area contributed by atoms with Gasteiger partial charge in [0.1, 0.15) is 13.2 Å². The van der Waals surface area contributed by atoms with Crippen molar-refractivity contribution in [2.24, 2.45) is 0 Å². The Morgan fingerprint density at radius 1 is 1.04 bits per heavy atom. The second-order valence-electron chi connectivity index (χ2n) is 4.77. The van der Waals surface area contributed by atoms with Crippen LogP contribution in [0, 0.1) is 11.6 Å². The maximum atomic E-state index is 13.1. The quantitative estimate of drug-likeness (QED) is 0.868. The number of benzene rings is 2. The summed E-state index contributed by atoms with van der Waals surface area (Å²) in [6.45, 7) is 0.972. The number of rotatable bonds is 4. The summed E-state index contributed by atoms with van der Waals surface area (Å²) in [4.78, 5) is 12.4. The van der Waals surface area contributed by atoms with Gasteiger partial charge >= 0.3 is 0 Å². The van der Waals surface area contributed by atoms with Crippen molar-refractivity contribution < 1.29 is 23.0 Å². The van der Waals surface area contributed by atoms with Crippen LogP contribution < -0.4 is 14.8 Å². The van der Waals surface area contributed by atoms with E-state index in [9.17, 15) is 13.6 Å². The molecule has 0 unspecified atom stereocenters. The molecule has 3 rings (SSSR count). The van der Waals surface area contributed by atoms with Crippen LogP contribution in [-0.4, -0.2) is 24.9 Å². The molecule has 0 fully saturated rings. The number of nitrogens with one attached hydrogen (secondary N) is 1. The van der Waals surface area contributed by atoms with Crippen LogP contribution >= 0.6 is 11.8 Å². The minimum absolute atomic E-state index is 0.0829. The molecule has 0 aliphatic carbocycles. The highest BCUT2D eigenvalue weighted by Gasteiger charge is 2.13. The predicted octanol–water partition coefficient (Wildman–Crippen LogP) is 3.47. The van der Waals surface area contributed by atoms with E-state index in [1.807, 2.05) is 0 Å². The Morgan fingerprint density at radius 2 is 1.83 bits per heavy atom. The fraction of sp³-hybridized carbons (Fsp3) is 0.188. The highest BCUT2D eigenvalue weighted by molar-refractivity contribution is 8.00. The van der Waals surface area contributed by atoms with E-state index in [4.69, 9.17) is 9.47 Å². The Labute approximate surface area is 135 Å². The van der Waals surface area contributed by atoms with Gasteiger partial charge in [-0.3, -0.25) is 4.79 Å². The van der Waals surface area contributed by atoms with E-state index in [2.05, 4.69) is 5.32 Å². The van der Waals surface area contributed by atoms with Crippen LogP contribution in [0.4, 0.5) is 14.5 Å². The molecular formula is C16H13F2NO3S. The predicted molar refractivity (Wildman–Crippen MR) is 83.1 cm³/mol. The first-order valence-corrected chi connectivity index (χ1v) is 7.88. The molecule has 0 spiro atoms. The van der Waals surface area contributed by atoms with Crippen LogP contribution in [0.5, 0.6) is 11.5 Å². The van der Waals surface area contributed by atoms with Gasteiger partial charge in [0.05, 0.1) is 5.75 Å². The van der Waals surface area contributed by atoms with Crippen LogP contribution in [0.2, 0.25) is 0 Å². The fourth-order valence-corrected chi connectivity index (χ4v) is 2.75. The second kappa shape index (κ2) is 6.87. The second-order valence-corrected chi connectivity index (χ2v) is 5.82. The molecule has 7 heteroatoms. The van der Waals surface area contributed by atoms with Gasteiger partial charge in [-0.2, -0.15) is 0 Å². The largest absolute Gasteiger partial charge is 0.486 e. The number of carbonyl (C=O) groups excluding carboxylic acids is 1. The SMILES string of the molecule is O=C(CSc1ccc(F)c(F)c1)Nc1ccc2c(c1)OCCO2. The summed E-state index contributed by atoms with van der Waals surface area (Å²) in [7, 11) is 0. The van der Waals surface area contributed by atoms with Crippen LogP contribution in [-0.2, 0) is 4.79 Å².